The van der Waals surface area contributed by atoms with Crippen molar-refractivity contribution in [3.05, 3.63) is 38.8 Å². The van der Waals surface area contributed by atoms with E-state index in [0.717, 1.165) is 24.2 Å². The van der Waals surface area contributed by atoms with Gasteiger partial charge in [0.25, 0.3) is 0 Å². The van der Waals surface area contributed by atoms with Crippen molar-refractivity contribution in [3.8, 4) is 0 Å². The number of benzene rings is 1. The summed E-state index contributed by atoms with van der Waals surface area (Å²) >= 11 is 18.1. The fourth-order valence-corrected chi connectivity index (χ4v) is 2.20. The SMILES string of the molecule is CC=C(OCCCCC)c1ccc(Cl)c(Cl)c1Cl. The zero-order chi connectivity index (χ0) is 13.5. The molecule has 0 bridgehead atoms. The van der Waals surface area contributed by atoms with Crippen molar-refractivity contribution in [1.29, 1.82) is 0 Å². The first-order valence-corrected chi connectivity index (χ1v) is 7.18. The van der Waals surface area contributed by atoms with E-state index in [-0.39, 0.29) is 0 Å². The van der Waals surface area contributed by atoms with Crippen LogP contribution in [0.3, 0.4) is 0 Å². The number of ether oxygens (including phenoxy) is 1. The summed E-state index contributed by atoms with van der Waals surface area (Å²) in [6, 6.07) is 3.55. The van der Waals surface area contributed by atoms with Gasteiger partial charge in [0.1, 0.15) is 5.76 Å². The summed E-state index contributed by atoms with van der Waals surface area (Å²) in [6.07, 6.45) is 5.25. The molecule has 0 spiro atoms. The van der Waals surface area contributed by atoms with Crippen LogP contribution >= 0.6 is 34.8 Å². The van der Waals surface area contributed by atoms with Crippen molar-refractivity contribution in [3.63, 3.8) is 0 Å². The van der Waals surface area contributed by atoms with Crippen LogP contribution in [0.25, 0.3) is 5.76 Å². The second kappa shape index (κ2) is 7.93. The molecule has 0 aromatic heterocycles. The molecule has 0 amide bonds. The highest BCUT2D eigenvalue weighted by Crippen LogP contribution is 2.36. The van der Waals surface area contributed by atoms with Crippen LogP contribution in [-0.2, 0) is 4.74 Å². The molecule has 1 rings (SSSR count). The second-order valence-electron chi connectivity index (χ2n) is 3.93. The largest absolute Gasteiger partial charge is 0.493 e. The van der Waals surface area contributed by atoms with Crippen molar-refractivity contribution in [1.82, 2.24) is 0 Å². The Morgan fingerprint density at radius 3 is 2.50 bits per heavy atom. The maximum absolute atomic E-state index is 6.17. The van der Waals surface area contributed by atoms with Crippen LogP contribution in [0.1, 0.15) is 38.7 Å². The molecule has 0 radical (unpaired) electrons. The van der Waals surface area contributed by atoms with Crippen molar-refractivity contribution in [2.45, 2.75) is 33.1 Å². The molecule has 0 unspecified atom stereocenters. The van der Waals surface area contributed by atoms with Gasteiger partial charge in [-0.2, -0.15) is 0 Å². The van der Waals surface area contributed by atoms with Crippen LogP contribution < -0.4 is 0 Å². The molecule has 0 N–H and O–H groups in total. The van der Waals surface area contributed by atoms with Gasteiger partial charge >= 0.3 is 0 Å². The fraction of sp³-hybridized carbons (Fsp3) is 0.429. The highest BCUT2D eigenvalue weighted by molar-refractivity contribution is 6.48. The minimum Gasteiger partial charge on any atom is -0.493 e. The van der Waals surface area contributed by atoms with Gasteiger partial charge in [-0.15, -0.1) is 0 Å². The Labute approximate surface area is 124 Å². The molecule has 0 saturated carbocycles. The van der Waals surface area contributed by atoms with Crippen LogP contribution in [0, 0.1) is 0 Å². The van der Waals surface area contributed by atoms with Crippen LogP contribution in [0.2, 0.25) is 15.1 Å². The lowest BCUT2D eigenvalue weighted by atomic mass is 10.2. The Kier molecular flexibility index (Phi) is 6.91. The lowest BCUT2D eigenvalue weighted by Gasteiger charge is -2.13. The molecule has 0 saturated heterocycles. The Morgan fingerprint density at radius 1 is 1.17 bits per heavy atom. The number of rotatable bonds is 6. The van der Waals surface area contributed by atoms with E-state index in [0.29, 0.717) is 21.7 Å². The molecule has 0 aliphatic heterocycles. The summed E-state index contributed by atoms with van der Waals surface area (Å²) < 4.78 is 5.73. The summed E-state index contributed by atoms with van der Waals surface area (Å²) in [5.74, 6) is 0.745. The number of unbranched alkanes of at least 4 members (excludes halogenated alkanes) is 2. The highest BCUT2D eigenvalue weighted by Gasteiger charge is 2.12. The van der Waals surface area contributed by atoms with Crippen LogP contribution in [-0.4, -0.2) is 6.61 Å². The minimum absolute atomic E-state index is 0.368. The maximum Gasteiger partial charge on any atom is 0.123 e. The zero-order valence-electron chi connectivity index (χ0n) is 10.6. The second-order valence-corrected chi connectivity index (χ2v) is 5.09. The summed E-state index contributed by atoms with van der Waals surface area (Å²) in [4.78, 5) is 0. The third-order valence-electron chi connectivity index (χ3n) is 2.57. The van der Waals surface area contributed by atoms with Gasteiger partial charge in [0.2, 0.25) is 0 Å². The van der Waals surface area contributed by atoms with E-state index in [1.165, 1.54) is 6.42 Å². The Bertz CT molecular complexity index is 427. The molecular formula is C14H17Cl3O. The van der Waals surface area contributed by atoms with E-state index in [1.54, 1.807) is 6.07 Å². The molecule has 4 heteroatoms. The molecule has 0 aliphatic carbocycles. The highest BCUT2D eigenvalue weighted by atomic mass is 35.5. The summed E-state index contributed by atoms with van der Waals surface area (Å²) in [6.45, 7) is 4.75. The van der Waals surface area contributed by atoms with Crippen molar-refractivity contribution < 1.29 is 4.74 Å². The predicted molar refractivity (Wildman–Crippen MR) is 80.6 cm³/mol. The molecule has 0 fully saturated rings. The Morgan fingerprint density at radius 2 is 1.89 bits per heavy atom. The third-order valence-corrected chi connectivity index (χ3v) is 3.86. The molecule has 1 aromatic carbocycles. The monoisotopic (exact) mass is 306 g/mol. The lowest BCUT2D eigenvalue weighted by molar-refractivity contribution is 0.267. The standard InChI is InChI=1S/C14H17Cl3O/c1-3-5-6-9-18-12(4-2)10-7-8-11(15)14(17)13(10)16/h4,7-8H,3,5-6,9H2,1-2H3. The number of allylic oxidation sites excluding steroid dienone is 1. The van der Waals surface area contributed by atoms with E-state index in [9.17, 15) is 0 Å². The number of hydrogen-bond donors (Lipinski definition) is 0. The Hall–Kier alpha value is -0.370. The van der Waals surface area contributed by atoms with Crippen molar-refractivity contribution >= 4 is 40.6 Å². The normalized spacial score (nSPS) is 11.7. The molecule has 1 aromatic rings. The van der Waals surface area contributed by atoms with E-state index >= 15 is 0 Å². The smallest absolute Gasteiger partial charge is 0.123 e. The van der Waals surface area contributed by atoms with Crippen LogP contribution in [0.15, 0.2) is 18.2 Å². The average Bonchev–Trinajstić information content (AvgIpc) is 2.38. The quantitative estimate of drug-likeness (QED) is 0.344. The summed E-state index contributed by atoms with van der Waals surface area (Å²) in [5.41, 5.74) is 0.782. The molecule has 0 atom stereocenters. The van der Waals surface area contributed by atoms with Gasteiger partial charge in [0, 0.05) is 5.56 Å². The minimum atomic E-state index is 0.368. The maximum atomic E-state index is 6.17. The number of hydrogen-bond acceptors (Lipinski definition) is 1. The number of halogens is 3. The molecule has 0 heterocycles. The van der Waals surface area contributed by atoms with E-state index in [2.05, 4.69) is 6.92 Å². The topological polar surface area (TPSA) is 9.23 Å². The van der Waals surface area contributed by atoms with Crippen LogP contribution in [0.4, 0.5) is 0 Å². The molecule has 18 heavy (non-hydrogen) atoms. The average molecular weight is 308 g/mol. The van der Waals surface area contributed by atoms with E-state index in [4.69, 9.17) is 39.5 Å². The predicted octanol–water partition coefficient (Wildman–Crippen LogP) is 6.21. The first kappa shape index (κ1) is 15.7. The van der Waals surface area contributed by atoms with Crippen molar-refractivity contribution in [2.24, 2.45) is 0 Å². The van der Waals surface area contributed by atoms with Gasteiger partial charge < -0.3 is 4.74 Å². The fourth-order valence-electron chi connectivity index (χ4n) is 1.57. The first-order valence-electron chi connectivity index (χ1n) is 6.04. The van der Waals surface area contributed by atoms with E-state index < -0.39 is 0 Å². The molecule has 100 valence electrons. The van der Waals surface area contributed by atoms with Gasteiger partial charge in [0.15, 0.2) is 0 Å². The lowest BCUT2D eigenvalue weighted by Crippen LogP contribution is -1.96. The summed E-state index contributed by atoms with van der Waals surface area (Å²) in [7, 11) is 0. The van der Waals surface area contributed by atoms with Gasteiger partial charge in [0.05, 0.1) is 21.7 Å². The first-order chi connectivity index (χ1) is 8.61. The third kappa shape index (κ3) is 4.08. The van der Waals surface area contributed by atoms with Crippen LogP contribution in [0.5, 0.6) is 0 Å². The molecule has 0 aliphatic rings. The van der Waals surface area contributed by atoms with Gasteiger partial charge in [-0.05, 0) is 31.6 Å². The molecular weight excluding hydrogens is 291 g/mol. The summed E-state index contributed by atoms with van der Waals surface area (Å²) in [5, 5.41) is 1.26. The Balaban J connectivity index is 2.80. The van der Waals surface area contributed by atoms with Crippen molar-refractivity contribution in [2.75, 3.05) is 6.61 Å². The van der Waals surface area contributed by atoms with Gasteiger partial charge in [-0.3, -0.25) is 0 Å². The van der Waals surface area contributed by atoms with Gasteiger partial charge in [-0.25, -0.2) is 0 Å². The van der Waals surface area contributed by atoms with E-state index in [1.807, 2.05) is 19.1 Å². The van der Waals surface area contributed by atoms with Gasteiger partial charge in [-0.1, -0.05) is 54.6 Å². The zero-order valence-corrected chi connectivity index (χ0v) is 12.9. The molecule has 1 nitrogen and oxygen atoms in total.